The lowest BCUT2D eigenvalue weighted by atomic mass is 9.57. The Morgan fingerprint density at radius 3 is 2.71 bits per heavy atom. The summed E-state index contributed by atoms with van der Waals surface area (Å²) in [4.78, 5) is 4.70. The molecule has 0 aromatic carbocycles. The van der Waals surface area contributed by atoms with Gasteiger partial charge in [0.1, 0.15) is 0 Å². The van der Waals surface area contributed by atoms with Crippen molar-refractivity contribution in [3.05, 3.63) is 0 Å². The number of hydrogen-bond acceptors (Lipinski definition) is 4. The summed E-state index contributed by atoms with van der Waals surface area (Å²) in [6.45, 7) is 10.1. The van der Waals surface area contributed by atoms with Crippen LogP contribution in [0.2, 0.25) is 0 Å². The van der Waals surface area contributed by atoms with Crippen LogP contribution in [0.5, 0.6) is 0 Å². The lowest BCUT2D eigenvalue weighted by molar-refractivity contribution is -0.106. The van der Waals surface area contributed by atoms with Crippen LogP contribution in [0.1, 0.15) is 40.5 Å². The summed E-state index contributed by atoms with van der Waals surface area (Å²) in [6, 6.07) is 0.629. The van der Waals surface area contributed by atoms with Crippen molar-refractivity contribution < 1.29 is 13.2 Å². The predicted octanol–water partition coefficient (Wildman–Crippen LogP) is 1.18. The first kappa shape index (κ1) is 18.0. The largest absolute Gasteiger partial charge is 0.377 e. The van der Waals surface area contributed by atoms with Crippen molar-refractivity contribution in [3.8, 4) is 0 Å². The number of fused-ring (bicyclic) bond motifs is 1. The van der Waals surface area contributed by atoms with Crippen LogP contribution in [0, 0.1) is 17.3 Å². The van der Waals surface area contributed by atoms with Gasteiger partial charge in [-0.2, -0.15) is 0 Å². The van der Waals surface area contributed by atoms with E-state index in [2.05, 4.69) is 38.3 Å². The normalized spacial score (nSPS) is 37.1. The number of guanidine groups is 1. The maximum Gasteiger partial charge on any atom is 0.191 e. The van der Waals surface area contributed by atoms with Gasteiger partial charge in [-0.1, -0.05) is 13.8 Å². The van der Waals surface area contributed by atoms with E-state index in [0.717, 1.165) is 25.4 Å². The third kappa shape index (κ3) is 3.57. The number of ether oxygens (including phenoxy) is 1. The Balaban J connectivity index is 1.65. The van der Waals surface area contributed by atoms with Gasteiger partial charge in [0.05, 0.1) is 17.6 Å². The van der Waals surface area contributed by atoms with Crippen molar-refractivity contribution in [1.82, 2.24) is 10.6 Å². The molecule has 0 amide bonds. The fraction of sp³-hybridized carbons (Fsp3) is 0.941. The lowest BCUT2D eigenvalue weighted by Crippen LogP contribution is -2.68. The smallest absolute Gasteiger partial charge is 0.191 e. The summed E-state index contributed by atoms with van der Waals surface area (Å²) < 4.78 is 29.1. The SMILES string of the molecule is CC(C)NC(=NCC1CCS(=O)(=O)C1)NC1C2CCOC2C1(C)C. The van der Waals surface area contributed by atoms with E-state index >= 15 is 0 Å². The molecule has 4 unspecified atom stereocenters. The Labute approximate surface area is 145 Å². The van der Waals surface area contributed by atoms with Gasteiger partial charge in [-0.05, 0) is 32.6 Å². The number of hydrogen-bond donors (Lipinski definition) is 2. The van der Waals surface area contributed by atoms with Gasteiger partial charge in [0.25, 0.3) is 0 Å². The van der Waals surface area contributed by atoms with Crippen LogP contribution >= 0.6 is 0 Å². The molecule has 2 N–H and O–H groups in total. The van der Waals surface area contributed by atoms with Crippen molar-refractivity contribution in [1.29, 1.82) is 0 Å². The summed E-state index contributed by atoms with van der Waals surface area (Å²) >= 11 is 0. The van der Waals surface area contributed by atoms with Gasteiger partial charge < -0.3 is 15.4 Å². The molecule has 3 rings (SSSR count). The van der Waals surface area contributed by atoms with Crippen molar-refractivity contribution in [3.63, 3.8) is 0 Å². The topological polar surface area (TPSA) is 79.8 Å². The molecule has 7 heteroatoms. The minimum Gasteiger partial charge on any atom is -0.377 e. The standard InChI is InChI=1S/C17H31N3O3S/c1-11(2)19-16(18-9-12-6-8-24(21,22)10-12)20-14-13-5-7-23-15(13)17(14,3)4/h11-15H,5-10H2,1-4H3,(H2,18,19,20). The summed E-state index contributed by atoms with van der Waals surface area (Å²) in [5, 5.41) is 6.99. The minimum atomic E-state index is -2.84. The van der Waals surface area contributed by atoms with Crippen LogP contribution in [0.15, 0.2) is 4.99 Å². The zero-order chi connectivity index (χ0) is 17.5. The van der Waals surface area contributed by atoms with Crippen molar-refractivity contribution in [2.45, 2.75) is 58.7 Å². The second kappa shape index (κ2) is 6.48. The molecular weight excluding hydrogens is 326 g/mol. The fourth-order valence-electron chi connectivity index (χ4n) is 4.41. The third-order valence-corrected chi connectivity index (χ3v) is 7.49. The van der Waals surface area contributed by atoms with E-state index in [1.54, 1.807) is 0 Å². The molecule has 4 atom stereocenters. The highest BCUT2D eigenvalue weighted by Crippen LogP contribution is 2.52. The van der Waals surface area contributed by atoms with Crippen LogP contribution in [-0.4, -0.2) is 57.2 Å². The fourth-order valence-corrected chi connectivity index (χ4v) is 6.26. The van der Waals surface area contributed by atoms with Crippen molar-refractivity contribution >= 4 is 15.8 Å². The van der Waals surface area contributed by atoms with Crippen LogP contribution < -0.4 is 10.6 Å². The maximum absolute atomic E-state index is 11.6. The molecule has 0 aromatic rings. The third-order valence-electron chi connectivity index (χ3n) is 5.65. The first-order valence-electron chi connectivity index (χ1n) is 9.08. The second-order valence-corrected chi connectivity index (χ2v) is 10.7. The Morgan fingerprint density at radius 2 is 2.08 bits per heavy atom. The predicted molar refractivity (Wildman–Crippen MR) is 95.9 cm³/mol. The first-order chi connectivity index (χ1) is 11.2. The Hall–Kier alpha value is -0.820. The van der Waals surface area contributed by atoms with E-state index in [1.165, 1.54) is 0 Å². The van der Waals surface area contributed by atoms with Gasteiger partial charge in [0.15, 0.2) is 15.8 Å². The number of sulfone groups is 1. The van der Waals surface area contributed by atoms with E-state index in [4.69, 9.17) is 9.73 Å². The van der Waals surface area contributed by atoms with Gasteiger partial charge in [0.2, 0.25) is 0 Å². The highest BCUT2D eigenvalue weighted by atomic mass is 32.2. The van der Waals surface area contributed by atoms with Crippen molar-refractivity contribution in [2.75, 3.05) is 24.7 Å². The van der Waals surface area contributed by atoms with Crippen LogP contribution in [0.25, 0.3) is 0 Å². The van der Waals surface area contributed by atoms with Gasteiger partial charge in [-0.25, -0.2) is 8.42 Å². The number of rotatable bonds is 4. The summed E-state index contributed by atoms with van der Waals surface area (Å²) in [7, 11) is -2.84. The molecule has 24 heavy (non-hydrogen) atoms. The van der Waals surface area contributed by atoms with Crippen LogP contribution in [0.3, 0.4) is 0 Å². The van der Waals surface area contributed by atoms with E-state index in [0.29, 0.717) is 30.4 Å². The van der Waals surface area contributed by atoms with Crippen molar-refractivity contribution in [2.24, 2.45) is 22.2 Å². The zero-order valence-corrected chi connectivity index (χ0v) is 16.0. The molecule has 2 aliphatic heterocycles. The van der Waals surface area contributed by atoms with Crippen LogP contribution in [0.4, 0.5) is 0 Å². The summed E-state index contributed by atoms with van der Waals surface area (Å²) in [6.07, 6.45) is 2.17. The lowest BCUT2D eigenvalue weighted by Gasteiger charge is -2.55. The van der Waals surface area contributed by atoms with Gasteiger partial charge in [-0.3, -0.25) is 4.99 Å². The average Bonchev–Trinajstić information content (AvgIpc) is 3.06. The Morgan fingerprint density at radius 1 is 1.33 bits per heavy atom. The zero-order valence-electron chi connectivity index (χ0n) is 15.2. The molecule has 1 aliphatic carbocycles. The average molecular weight is 358 g/mol. The Kier molecular flexibility index (Phi) is 4.86. The molecule has 3 aliphatic rings. The second-order valence-electron chi connectivity index (χ2n) is 8.44. The molecule has 0 radical (unpaired) electrons. The molecule has 0 aromatic heterocycles. The molecule has 3 fully saturated rings. The highest BCUT2D eigenvalue weighted by molar-refractivity contribution is 7.91. The molecule has 0 spiro atoms. The number of nitrogens with one attached hydrogen (secondary N) is 2. The highest BCUT2D eigenvalue weighted by Gasteiger charge is 2.59. The molecule has 1 saturated carbocycles. The van der Waals surface area contributed by atoms with E-state index in [1.807, 2.05) is 0 Å². The summed E-state index contributed by atoms with van der Waals surface area (Å²) in [5.41, 5.74) is 0.0945. The van der Waals surface area contributed by atoms with E-state index < -0.39 is 9.84 Å². The maximum atomic E-state index is 11.6. The molecule has 6 nitrogen and oxygen atoms in total. The molecule has 2 heterocycles. The molecule has 0 bridgehead atoms. The first-order valence-corrected chi connectivity index (χ1v) is 10.9. The Bertz CT molecular complexity index is 600. The number of aliphatic imine (C=N–C) groups is 1. The van der Waals surface area contributed by atoms with E-state index in [-0.39, 0.29) is 23.1 Å². The molecule has 138 valence electrons. The van der Waals surface area contributed by atoms with Gasteiger partial charge in [0, 0.05) is 36.6 Å². The van der Waals surface area contributed by atoms with Gasteiger partial charge in [-0.15, -0.1) is 0 Å². The van der Waals surface area contributed by atoms with E-state index in [9.17, 15) is 8.42 Å². The monoisotopic (exact) mass is 357 g/mol. The summed E-state index contributed by atoms with van der Waals surface area (Å²) in [5.74, 6) is 2.09. The van der Waals surface area contributed by atoms with Crippen LogP contribution in [-0.2, 0) is 14.6 Å². The molecule has 2 saturated heterocycles. The quantitative estimate of drug-likeness (QED) is 0.583. The molecular formula is C17H31N3O3S. The minimum absolute atomic E-state index is 0.0945. The number of nitrogens with zero attached hydrogens (tertiary/aromatic N) is 1. The van der Waals surface area contributed by atoms with Gasteiger partial charge >= 0.3 is 0 Å².